The summed E-state index contributed by atoms with van der Waals surface area (Å²) in [6.07, 6.45) is 2.00. The van der Waals surface area contributed by atoms with Crippen LogP contribution < -0.4 is 15.9 Å². The van der Waals surface area contributed by atoms with E-state index in [4.69, 9.17) is 9.97 Å². The highest BCUT2D eigenvalue weighted by Crippen LogP contribution is 2.58. The summed E-state index contributed by atoms with van der Waals surface area (Å²) in [6, 6.07) is 33.0. The van der Waals surface area contributed by atoms with E-state index in [1.54, 1.807) is 22.7 Å². The Morgan fingerprint density at radius 1 is 0.706 bits per heavy atom. The van der Waals surface area contributed by atoms with E-state index in [-0.39, 0.29) is 0 Å². The molecule has 2 heterocycles. The lowest BCUT2D eigenvalue weighted by molar-refractivity contribution is 0.727. The molecule has 0 radical (unpaired) electrons. The quantitative estimate of drug-likeness (QED) is 0.210. The van der Waals surface area contributed by atoms with Crippen molar-refractivity contribution in [2.75, 3.05) is 0 Å². The van der Waals surface area contributed by atoms with Gasteiger partial charge in [0.1, 0.15) is 40.0 Å². The second-order valence-electron chi connectivity index (χ2n) is 8.50. The fraction of sp³-hybridized carbons (Fsp3) is 0.172. The average Bonchev–Trinajstić information content (AvgIpc) is 3.58. The molecule has 5 heteroatoms. The third-order valence-electron chi connectivity index (χ3n) is 6.32. The van der Waals surface area contributed by atoms with E-state index in [0.29, 0.717) is 5.92 Å². The highest BCUT2D eigenvalue weighted by Gasteiger charge is 2.46. The predicted molar refractivity (Wildman–Crippen MR) is 151 cm³/mol. The van der Waals surface area contributed by atoms with Crippen LogP contribution in [0.25, 0.3) is 10.7 Å². The molecule has 0 aliphatic rings. The third kappa shape index (κ3) is 4.51. The summed E-state index contributed by atoms with van der Waals surface area (Å²) in [5.74, 6) is 0.492. The molecule has 2 nitrogen and oxygen atoms in total. The lowest BCUT2D eigenvalue weighted by Crippen LogP contribution is -2.32. The van der Waals surface area contributed by atoms with E-state index in [2.05, 4.69) is 116 Å². The molecule has 0 N–H and O–H groups in total. The fourth-order valence-electron chi connectivity index (χ4n) is 4.30. The van der Waals surface area contributed by atoms with Crippen LogP contribution in [0.2, 0.25) is 0 Å². The summed E-state index contributed by atoms with van der Waals surface area (Å²) in [6.45, 7) is 4.46. The number of benzene rings is 3. The summed E-state index contributed by atoms with van der Waals surface area (Å²) in [4.78, 5) is 10.0. The maximum atomic E-state index is 5.13. The molecular formula is C29H28N2PS2+. The maximum absolute atomic E-state index is 5.13. The minimum atomic E-state index is -1.94. The second-order valence-corrected chi connectivity index (χ2v) is 13.7. The zero-order chi connectivity index (χ0) is 23.4. The molecule has 170 valence electrons. The standard InChI is InChI=1S/C29H28N2PS2/c1-3-22(2)28-31-27(21-34-28)29-30-23(20-33-29)19-32(24-13-7-4-8-14-24,25-15-9-5-10-16-25)26-17-11-6-12-18-26/h4-18,20-22H,3,19H2,1-2H3/q+1/t22-/m1/s1. The zero-order valence-corrected chi connectivity index (χ0v) is 22.0. The molecule has 34 heavy (non-hydrogen) atoms. The van der Waals surface area contributed by atoms with Gasteiger partial charge in [-0.05, 0) is 42.8 Å². The van der Waals surface area contributed by atoms with Crippen molar-refractivity contribution in [3.63, 3.8) is 0 Å². The van der Waals surface area contributed by atoms with Gasteiger partial charge >= 0.3 is 0 Å². The molecule has 0 bridgehead atoms. The Labute approximate surface area is 210 Å². The first-order valence-corrected chi connectivity index (χ1v) is 15.4. The Morgan fingerprint density at radius 3 is 1.74 bits per heavy atom. The molecule has 2 aromatic heterocycles. The van der Waals surface area contributed by atoms with Crippen molar-refractivity contribution in [1.82, 2.24) is 9.97 Å². The summed E-state index contributed by atoms with van der Waals surface area (Å²) in [7, 11) is -1.94. The smallest absolute Gasteiger partial charge is 0.143 e. The van der Waals surface area contributed by atoms with Crippen LogP contribution in [0.1, 0.15) is 36.9 Å². The lowest BCUT2D eigenvalue weighted by atomic mass is 10.1. The van der Waals surface area contributed by atoms with Crippen LogP contribution >= 0.6 is 29.9 Å². The van der Waals surface area contributed by atoms with Crippen LogP contribution in [0.15, 0.2) is 102 Å². The summed E-state index contributed by atoms with van der Waals surface area (Å²) in [5.41, 5.74) is 2.16. The lowest BCUT2D eigenvalue weighted by Gasteiger charge is -2.27. The van der Waals surface area contributed by atoms with Gasteiger partial charge in [-0.1, -0.05) is 68.4 Å². The highest BCUT2D eigenvalue weighted by molar-refractivity contribution is 7.95. The average molecular weight is 500 g/mol. The molecule has 0 saturated carbocycles. The Morgan fingerprint density at radius 2 is 1.24 bits per heavy atom. The summed E-state index contributed by atoms with van der Waals surface area (Å²) < 4.78 is 0. The van der Waals surface area contributed by atoms with Gasteiger partial charge in [-0.25, -0.2) is 9.97 Å². The van der Waals surface area contributed by atoms with Crippen molar-refractivity contribution in [1.29, 1.82) is 0 Å². The molecule has 0 fully saturated rings. The van der Waals surface area contributed by atoms with E-state index in [9.17, 15) is 0 Å². The largest absolute Gasteiger partial charge is 0.238 e. The summed E-state index contributed by atoms with van der Waals surface area (Å²) in [5, 5.41) is 10.8. The second kappa shape index (κ2) is 10.3. The first kappa shape index (κ1) is 23.1. The fourth-order valence-corrected chi connectivity index (χ4v) is 10.4. The zero-order valence-electron chi connectivity index (χ0n) is 19.5. The van der Waals surface area contributed by atoms with E-state index in [1.165, 1.54) is 20.9 Å². The first-order chi connectivity index (χ1) is 16.7. The van der Waals surface area contributed by atoms with Crippen molar-refractivity contribution in [3.05, 3.63) is 112 Å². The molecule has 0 spiro atoms. The molecule has 5 rings (SSSR count). The first-order valence-electron chi connectivity index (χ1n) is 11.7. The molecule has 0 aliphatic heterocycles. The van der Waals surface area contributed by atoms with Crippen LogP contribution in [-0.4, -0.2) is 9.97 Å². The number of aromatic nitrogens is 2. The Hall–Kier alpha value is -2.65. The minimum absolute atomic E-state index is 0.492. The van der Waals surface area contributed by atoms with Crippen molar-refractivity contribution in [3.8, 4) is 10.7 Å². The van der Waals surface area contributed by atoms with Crippen LogP contribution in [0.5, 0.6) is 0 Å². The third-order valence-corrected chi connectivity index (χ3v) is 12.6. The van der Waals surface area contributed by atoms with Crippen LogP contribution in [0, 0.1) is 0 Å². The highest BCUT2D eigenvalue weighted by atomic mass is 32.1. The normalized spacial score (nSPS) is 12.5. The van der Waals surface area contributed by atoms with Crippen molar-refractivity contribution in [2.24, 2.45) is 0 Å². The molecular weight excluding hydrogens is 471 g/mol. The van der Waals surface area contributed by atoms with E-state index < -0.39 is 7.26 Å². The maximum Gasteiger partial charge on any atom is 0.143 e. The van der Waals surface area contributed by atoms with Gasteiger partial charge in [0.05, 0.1) is 10.7 Å². The van der Waals surface area contributed by atoms with Gasteiger partial charge in [0, 0.05) is 16.7 Å². The molecule has 0 amide bonds. The van der Waals surface area contributed by atoms with Gasteiger partial charge in [0.15, 0.2) is 0 Å². The molecule has 1 atom stereocenters. The molecule has 0 unspecified atom stereocenters. The number of hydrogen-bond acceptors (Lipinski definition) is 4. The molecule has 5 aromatic rings. The van der Waals surface area contributed by atoms with E-state index in [0.717, 1.165) is 29.0 Å². The van der Waals surface area contributed by atoms with E-state index in [1.807, 2.05) is 0 Å². The Balaban J connectivity index is 1.61. The van der Waals surface area contributed by atoms with Gasteiger partial charge in [0.2, 0.25) is 0 Å². The van der Waals surface area contributed by atoms with Crippen molar-refractivity contribution >= 4 is 45.8 Å². The van der Waals surface area contributed by atoms with Gasteiger partial charge in [-0.15, -0.1) is 22.7 Å². The predicted octanol–water partition coefficient (Wildman–Crippen LogP) is 7.27. The van der Waals surface area contributed by atoms with Crippen molar-refractivity contribution < 1.29 is 0 Å². The SMILES string of the molecule is CC[C@@H](C)c1nc(-c2nc(C[P+](c3ccccc3)(c3ccccc3)c3ccccc3)cs2)cs1. The van der Waals surface area contributed by atoms with Crippen LogP contribution in [0.3, 0.4) is 0 Å². The Bertz CT molecular complexity index is 1230. The van der Waals surface area contributed by atoms with E-state index >= 15 is 0 Å². The summed E-state index contributed by atoms with van der Waals surface area (Å²) >= 11 is 3.46. The number of nitrogens with zero attached hydrogens (tertiary/aromatic N) is 2. The molecule has 3 aromatic carbocycles. The number of thiazole rings is 2. The topological polar surface area (TPSA) is 25.8 Å². The van der Waals surface area contributed by atoms with Gasteiger partial charge < -0.3 is 0 Å². The number of rotatable bonds is 8. The van der Waals surface area contributed by atoms with Gasteiger partial charge in [0.25, 0.3) is 0 Å². The Kier molecular flexibility index (Phi) is 7.01. The number of hydrogen-bond donors (Lipinski definition) is 0. The van der Waals surface area contributed by atoms with Crippen molar-refractivity contribution in [2.45, 2.75) is 32.3 Å². The molecule has 0 saturated heterocycles. The monoisotopic (exact) mass is 499 g/mol. The van der Waals surface area contributed by atoms with Crippen LogP contribution in [0.4, 0.5) is 0 Å². The van der Waals surface area contributed by atoms with Crippen LogP contribution in [-0.2, 0) is 6.16 Å². The van der Waals surface area contributed by atoms with Gasteiger partial charge in [-0.2, -0.15) is 0 Å². The minimum Gasteiger partial charge on any atom is -0.238 e. The molecule has 0 aliphatic carbocycles. The van der Waals surface area contributed by atoms with Gasteiger partial charge in [-0.3, -0.25) is 0 Å².